The number of carbonyl (C=O) groups excluding carboxylic acids is 2. The maximum absolute atomic E-state index is 11.2. The Morgan fingerprint density at radius 2 is 1.32 bits per heavy atom. The predicted octanol–water partition coefficient (Wildman–Crippen LogP) is 2.40. The largest absolute Gasteiger partial charge is 0.366 e. The molecule has 0 radical (unpaired) electrons. The molecule has 3 aromatic carbocycles. The van der Waals surface area contributed by atoms with Gasteiger partial charge >= 0.3 is 0 Å². The molecule has 0 heterocycles. The number of primary amides is 2. The Balaban J connectivity index is 0.000000169. The SMILES string of the molecule is NC(=O)c1ccc(C(N)=O)cc1.O=[SH](=O)C1C=Cc2cccc3cccc1c23. The van der Waals surface area contributed by atoms with Crippen LogP contribution in [0.5, 0.6) is 0 Å². The molecule has 4 rings (SSSR count). The van der Waals surface area contributed by atoms with Crippen molar-refractivity contribution in [3.8, 4) is 0 Å². The van der Waals surface area contributed by atoms with Gasteiger partial charge in [0.2, 0.25) is 11.8 Å². The van der Waals surface area contributed by atoms with Gasteiger partial charge in [-0.2, -0.15) is 0 Å². The molecule has 7 heteroatoms. The van der Waals surface area contributed by atoms with Gasteiger partial charge in [-0.25, -0.2) is 8.42 Å². The highest BCUT2D eigenvalue weighted by Gasteiger charge is 2.18. The molecule has 3 aromatic rings. The van der Waals surface area contributed by atoms with E-state index in [0.717, 1.165) is 21.9 Å². The maximum atomic E-state index is 11.2. The van der Waals surface area contributed by atoms with Gasteiger partial charge in [-0.1, -0.05) is 48.6 Å². The standard InChI is InChI=1S/C13H10O2S.C8H8N2O2/c14-16(15)12-8-7-10-4-1-3-9-5-2-6-11(12)13(9)10;9-7(11)5-1-2-6(4-3-5)8(10)12/h1-8,12,16H;1-4H,(H2,9,11)(H2,10,12). The minimum Gasteiger partial charge on any atom is -0.366 e. The fourth-order valence-electron chi connectivity index (χ4n) is 3.07. The number of hydrogen-bond acceptors (Lipinski definition) is 4. The second-order valence-corrected chi connectivity index (χ2v) is 7.31. The van der Waals surface area contributed by atoms with Crippen LogP contribution in [-0.2, 0) is 10.7 Å². The van der Waals surface area contributed by atoms with Crippen molar-refractivity contribution in [2.75, 3.05) is 0 Å². The van der Waals surface area contributed by atoms with Crippen LogP contribution in [0.25, 0.3) is 16.8 Å². The van der Waals surface area contributed by atoms with Gasteiger partial charge in [0.1, 0.15) is 5.25 Å². The van der Waals surface area contributed by atoms with Crippen molar-refractivity contribution in [3.63, 3.8) is 0 Å². The minimum absolute atomic E-state index is 0.361. The number of benzene rings is 3. The average molecular weight is 394 g/mol. The fraction of sp³-hybridized carbons (Fsp3) is 0.0476. The summed E-state index contributed by atoms with van der Waals surface area (Å²) in [5.41, 5.74) is 12.7. The Kier molecular flexibility index (Phi) is 5.56. The summed E-state index contributed by atoms with van der Waals surface area (Å²) in [6.45, 7) is 0. The van der Waals surface area contributed by atoms with Crippen molar-refractivity contribution >= 4 is 39.4 Å². The molecule has 1 unspecified atom stereocenters. The zero-order valence-corrected chi connectivity index (χ0v) is 15.6. The number of amides is 2. The van der Waals surface area contributed by atoms with Crippen LogP contribution < -0.4 is 11.5 Å². The summed E-state index contributed by atoms with van der Waals surface area (Å²) in [5, 5.41) is 1.69. The van der Waals surface area contributed by atoms with Crippen molar-refractivity contribution in [2.45, 2.75) is 5.25 Å². The van der Waals surface area contributed by atoms with Crippen molar-refractivity contribution in [1.29, 1.82) is 0 Å². The van der Waals surface area contributed by atoms with Crippen LogP contribution in [0.3, 0.4) is 0 Å². The van der Waals surface area contributed by atoms with Crippen LogP contribution in [0.4, 0.5) is 0 Å². The fourth-order valence-corrected chi connectivity index (χ4v) is 3.74. The molecule has 0 spiro atoms. The summed E-state index contributed by atoms with van der Waals surface area (Å²) in [6, 6.07) is 17.7. The third-order valence-electron chi connectivity index (χ3n) is 4.43. The third-order valence-corrected chi connectivity index (χ3v) is 5.33. The van der Waals surface area contributed by atoms with Crippen LogP contribution in [0, 0.1) is 0 Å². The molecule has 0 saturated heterocycles. The molecule has 4 N–H and O–H groups in total. The molecule has 2 amide bonds. The molecule has 1 atom stereocenters. The zero-order valence-electron chi connectivity index (χ0n) is 14.7. The van der Waals surface area contributed by atoms with Gasteiger partial charge in [0.05, 0.1) is 0 Å². The molecule has 0 aromatic heterocycles. The van der Waals surface area contributed by atoms with E-state index in [4.69, 9.17) is 11.5 Å². The van der Waals surface area contributed by atoms with Crippen LogP contribution >= 0.6 is 0 Å². The van der Waals surface area contributed by atoms with Gasteiger partial charge in [0, 0.05) is 11.1 Å². The Morgan fingerprint density at radius 3 is 1.82 bits per heavy atom. The molecule has 1 aliphatic carbocycles. The van der Waals surface area contributed by atoms with Crippen molar-refractivity contribution in [2.24, 2.45) is 11.5 Å². The normalized spacial score (nSPS) is 14.4. The quantitative estimate of drug-likeness (QED) is 0.591. The first kappa shape index (κ1) is 19.3. The van der Waals surface area contributed by atoms with Gasteiger partial charge in [0.15, 0.2) is 10.7 Å². The highest BCUT2D eigenvalue weighted by molar-refractivity contribution is 7.73. The lowest BCUT2D eigenvalue weighted by Gasteiger charge is -2.16. The van der Waals surface area contributed by atoms with Crippen LogP contribution in [-0.4, -0.2) is 20.2 Å². The van der Waals surface area contributed by atoms with E-state index in [0.29, 0.717) is 11.1 Å². The van der Waals surface area contributed by atoms with E-state index in [2.05, 4.69) is 0 Å². The zero-order chi connectivity index (χ0) is 20.3. The summed E-state index contributed by atoms with van der Waals surface area (Å²) in [6.07, 6.45) is 3.65. The summed E-state index contributed by atoms with van der Waals surface area (Å²) >= 11 is 0. The van der Waals surface area contributed by atoms with Crippen LogP contribution in [0.15, 0.2) is 66.7 Å². The van der Waals surface area contributed by atoms with E-state index < -0.39 is 27.8 Å². The minimum atomic E-state index is -2.46. The summed E-state index contributed by atoms with van der Waals surface area (Å²) < 4.78 is 22.4. The Hall–Kier alpha value is -3.45. The molecule has 28 heavy (non-hydrogen) atoms. The highest BCUT2D eigenvalue weighted by Crippen LogP contribution is 2.34. The lowest BCUT2D eigenvalue weighted by atomic mass is 9.93. The van der Waals surface area contributed by atoms with Crippen molar-refractivity contribution in [3.05, 3.63) is 89.0 Å². The Bertz CT molecular complexity index is 1120. The van der Waals surface area contributed by atoms with E-state index in [1.54, 1.807) is 6.08 Å². The second-order valence-electron chi connectivity index (χ2n) is 6.19. The molecule has 0 saturated carbocycles. The monoisotopic (exact) mass is 394 g/mol. The topological polar surface area (TPSA) is 120 Å². The second kappa shape index (κ2) is 8.06. The van der Waals surface area contributed by atoms with Gasteiger partial charge in [-0.15, -0.1) is 0 Å². The number of hydrogen-bond donors (Lipinski definition) is 3. The lowest BCUT2D eigenvalue weighted by Crippen LogP contribution is -2.13. The highest BCUT2D eigenvalue weighted by atomic mass is 32.2. The first-order valence-electron chi connectivity index (χ1n) is 8.41. The number of nitrogens with two attached hydrogens (primary N) is 2. The van der Waals surface area contributed by atoms with Crippen molar-refractivity contribution in [1.82, 2.24) is 0 Å². The first-order valence-corrected chi connectivity index (χ1v) is 9.66. The van der Waals surface area contributed by atoms with E-state index in [1.165, 1.54) is 24.3 Å². The molecule has 0 fully saturated rings. The van der Waals surface area contributed by atoms with Gasteiger partial charge in [-0.05, 0) is 46.2 Å². The van der Waals surface area contributed by atoms with Gasteiger partial charge in [0.25, 0.3) is 0 Å². The lowest BCUT2D eigenvalue weighted by molar-refractivity contribution is 0.0988. The van der Waals surface area contributed by atoms with Crippen LogP contribution in [0.1, 0.15) is 37.1 Å². The van der Waals surface area contributed by atoms with Gasteiger partial charge in [-0.3, -0.25) is 9.59 Å². The van der Waals surface area contributed by atoms with E-state index in [9.17, 15) is 18.0 Å². The molecule has 142 valence electrons. The van der Waals surface area contributed by atoms with E-state index in [-0.39, 0.29) is 0 Å². The number of carbonyl (C=O) groups is 2. The summed E-state index contributed by atoms with van der Waals surface area (Å²) in [4.78, 5) is 21.2. The smallest absolute Gasteiger partial charge is 0.248 e. The Labute approximate surface area is 163 Å². The summed E-state index contributed by atoms with van der Waals surface area (Å²) in [7, 11) is -2.46. The average Bonchev–Trinajstić information content (AvgIpc) is 2.69. The molecule has 1 aliphatic rings. The molecule has 0 aliphatic heterocycles. The molecular formula is C21H18N2O4S. The molecule has 0 bridgehead atoms. The third kappa shape index (κ3) is 3.94. The van der Waals surface area contributed by atoms with E-state index in [1.807, 2.05) is 42.5 Å². The molecule has 6 nitrogen and oxygen atoms in total. The number of thiol groups is 1. The van der Waals surface area contributed by atoms with E-state index >= 15 is 0 Å². The first-order chi connectivity index (χ1) is 13.4. The number of rotatable bonds is 3. The van der Waals surface area contributed by atoms with Crippen molar-refractivity contribution < 1.29 is 18.0 Å². The Morgan fingerprint density at radius 1 is 0.786 bits per heavy atom. The predicted molar refractivity (Wildman–Crippen MR) is 110 cm³/mol. The molecular weight excluding hydrogens is 376 g/mol. The van der Waals surface area contributed by atoms with Crippen LogP contribution in [0.2, 0.25) is 0 Å². The summed E-state index contributed by atoms with van der Waals surface area (Å²) in [5.74, 6) is -1.04. The maximum Gasteiger partial charge on any atom is 0.248 e. The van der Waals surface area contributed by atoms with Gasteiger partial charge < -0.3 is 11.5 Å².